The highest BCUT2D eigenvalue weighted by atomic mass is 16.1. The van der Waals surface area contributed by atoms with Crippen molar-refractivity contribution >= 4 is 33.7 Å². The van der Waals surface area contributed by atoms with Gasteiger partial charge in [0.25, 0.3) is 0 Å². The molecule has 2 aromatic carbocycles. The Balaban J connectivity index is 2.30. The van der Waals surface area contributed by atoms with Gasteiger partial charge in [0.2, 0.25) is 0 Å². The van der Waals surface area contributed by atoms with Crippen molar-refractivity contribution in [2.75, 3.05) is 0 Å². The number of carbonyl (C=O) groups excluding carboxylic acids is 1. The summed E-state index contributed by atoms with van der Waals surface area (Å²) in [4.78, 5) is 15.0. The maximum atomic E-state index is 11.7. The van der Waals surface area contributed by atoms with E-state index in [1.54, 1.807) is 6.08 Å². The SMILES string of the molecule is O=C1C=Cc2c1ccc1[nH]c3ccccc3c21. The molecule has 2 heteroatoms. The summed E-state index contributed by atoms with van der Waals surface area (Å²) in [6, 6.07) is 12.1. The van der Waals surface area contributed by atoms with Gasteiger partial charge in [0, 0.05) is 27.4 Å². The molecule has 0 aliphatic heterocycles. The fourth-order valence-electron chi connectivity index (χ4n) is 2.61. The minimum atomic E-state index is 0.104. The second-order valence-corrected chi connectivity index (χ2v) is 4.32. The van der Waals surface area contributed by atoms with Crippen molar-refractivity contribution in [3.05, 3.63) is 53.6 Å². The van der Waals surface area contributed by atoms with Gasteiger partial charge in [-0.15, -0.1) is 0 Å². The predicted octanol–water partition coefficient (Wildman–Crippen LogP) is 3.53. The lowest BCUT2D eigenvalue weighted by molar-refractivity contribution is 0.105. The number of aromatic amines is 1. The Morgan fingerprint density at radius 1 is 0.882 bits per heavy atom. The number of hydrogen-bond acceptors (Lipinski definition) is 1. The molecular formula is C15H9NO. The van der Waals surface area contributed by atoms with Gasteiger partial charge in [-0.3, -0.25) is 4.79 Å². The van der Waals surface area contributed by atoms with Crippen LogP contribution >= 0.6 is 0 Å². The number of ketones is 1. The first-order valence-electron chi connectivity index (χ1n) is 5.60. The highest BCUT2D eigenvalue weighted by Gasteiger charge is 2.18. The van der Waals surface area contributed by atoms with E-state index in [0.29, 0.717) is 0 Å². The van der Waals surface area contributed by atoms with Crippen LogP contribution in [-0.4, -0.2) is 10.8 Å². The average molecular weight is 219 g/mol. The molecule has 1 N–H and O–H groups in total. The van der Waals surface area contributed by atoms with E-state index in [-0.39, 0.29) is 5.78 Å². The van der Waals surface area contributed by atoms with Gasteiger partial charge in [0.1, 0.15) is 0 Å². The maximum Gasteiger partial charge on any atom is 0.186 e. The number of allylic oxidation sites excluding steroid dienone is 1. The number of hydrogen-bond donors (Lipinski definition) is 1. The molecule has 0 saturated carbocycles. The zero-order valence-corrected chi connectivity index (χ0v) is 9.03. The quantitative estimate of drug-likeness (QED) is 0.616. The largest absolute Gasteiger partial charge is 0.354 e. The first-order valence-corrected chi connectivity index (χ1v) is 5.60. The molecule has 1 aromatic heterocycles. The lowest BCUT2D eigenvalue weighted by Gasteiger charge is -1.99. The maximum absolute atomic E-state index is 11.7. The van der Waals surface area contributed by atoms with Gasteiger partial charge >= 0.3 is 0 Å². The Kier molecular flexibility index (Phi) is 1.47. The lowest BCUT2D eigenvalue weighted by atomic mass is 10.0. The molecule has 1 heterocycles. The van der Waals surface area contributed by atoms with Crippen LogP contribution in [0.1, 0.15) is 15.9 Å². The molecule has 1 aliphatic rings. The Morgan fingerprint density at radius 2 is 1.76 bits per heavy atom. The van der Waals surface area contributed by atoms with Gasteiger partial charge in [0.05, 0.1) is 0 Å². The summed E-state index contributed by atoms with van der Waals surface area (Å²) in [7, 11) is 0. The van der Waals surface area contributed by atoms with E-state index in [0.717, 1.165) is 27.5 Å². The fourth-order valence-corrected chi connectivity index (χ4v) is 2.61. The van der Waals surface area contributed by atoms with Crippen molar-refractivity contribution in [2.24, 2.45) is 0 Å². The summed E-state index contributed by atoms with van der Waals surface area (Å²) in [5, 5.41) is 2.33. The number of benzene rings is 2. The number of fused-ring (bicyclic) bond motifs is 5. The second-order valence-electron chi connectivity index (χ2n) is 4.32. The minimum Gasteiger partial charge on any atom is -0.354 e. The van der Waals surface area contributed by atoms with Crippen molar-refractivity contribution < 1.29 is 4.79 Å². The van der Waals surface area contributed by atoms with E-state index in [4.69, 9.17) is 0 Å². The third kappa shape index (κ3) is 1.02. The van der Waals surface area contributed by atoms with Crippen molar-refractivity contribution in [1.29, 1.82) is 0 Å². The molecule has 0 amide bonds. The molecule has 1 aliphatic carbocycles. The van der Waals surface area contributed by atoms with Crippen LogP contribution in [0.3, 0.4) is 0 Å². The van der Waals surface area contributed by atoms with E-state index < -0.39 is 0 Å². The molecule has 0 fully saturated rings. The molecular weight excluding hydrogens is 210 g/mol. The van der Waals surface area contributed by atoms with Gasteiger partial charge < -0.3 is 4.98 Å². The molecule has 0 spiro atoms. The summed E-state index contributed by atoms with van der Waals surface area (Å²) in [5.74, 6) is 0.104. The molecule has 0 bridgehead atoms. The van der Waals surface area contributed by atoms with Crippen molar-refractivity contribution in [3.63, 3.8) is 0 Å². The van der Waals surface area contributed by atoms with Crippen LogP contribution in [-0.2, 0) is 0 Å². The van der Waals surface area contributed by atoms with E-state index >= 15 is 0 Å². The number of nitrogens with one attached hydrogen (secondary N) is 1. The molecule has 3 aromatic rings. The second kappa shape index (κ2) is 2.86. The van der Waals surface area contributed by atoms with Crippen LogP contribution in [0.4, 0.5) is 0 Å². The number of aromatic nitrogens is 1. The molecule has 4 rings (SSSR count). The van der Waals surface area contributed by atoms with Crippen LogP contribution in [0.25, 0.3) is 27.9 Å². The highest BCUT2D eigenvalue weighted by Crippen LogP contribution is 2.33. The van der Waals surface area contributed by atoms with E-state index in [2.05, 4.69) is 17.1 Å². The molecule has 0 atom stereocenters. The molecule has 2 nitrogen and oxygen atoms in total. The van der Waals surface area contributed by atoms with Crippen LogP contribution < -0.4 is 0 Å². The van der Waals surface area contributed by atoms with Gasteiger partial charge in [0.15, 0.2) is 5.78 Å². The third-order valence-electron chi connectivity index (χ3n) is 3.38. The number of rotatable bonds is 0. The minimum absolute atomic E-state index is 0.104. The Labute approximate surface area is 97.6 Å². The smallest absolute Gasteiger partial charge is 0.186 e. The summed E-state index contributed by atoms with van der Waals surface area (Å²) < 4.78 is 0. The summed E-state index contributed by atoms with van der Waals surface area (Å²) in [5.41, 5.74) is 4.06. The predicted molar refractivity (Wildman–Crippen MR) is 69.2 cm³/mol. The van der Waals surface area contributed by atoms with Crippen LogP contribution in [0.15, 0.2) is 42.5 Å². The third-order valence-corrected chi connectivity index (χ3v) is 3.38. The summed E-state index contributed by atoms with van der Waals surface area (Å²) in [6.07, 6.45) is 3.56. The van der Waals surface area contributed by atoms with Crippen LogP contribution in [0.2, 0.25) is 0 Å². The first kappa shape index (κ1) is 8.76. The van der Waals surface area contributed by atoms with Crippen molar-refractivity contribution in [1.82, 2.24) is 4.98 Å². The average Bonchev–Trinajstić information content (AvgIpc) is 2.90. The molecule has 17 heavy (non-hydrogen) atoms. The highest BCUT2D eigenvalue weighted by molar-refractivity contribution is 6.22. The number of para-hydroxylation sites is 1. The molecule has 0 saturated heterocycles. The zero-order chi connectivity index (χ0) is 11.4. The van der Waals surface area contributed by atoms with Gasteiger partial charge in [-0.1, -0.05) is 18.2 Å². The fraction of sp³-hybridized carbons (Fsp3) is 0. The topological polar surface area (TPSA) is 32.9 Å². The van der Waals surface area contributed by atoms with Crippen molar-refractivity contribution in [2.45, 2.75) is 0 Å². The van der Waals surface area contributed by atoms with Gasteiger partial charge in [-0.25, -0.2) is 0 Å². The van der Waals surface area contributed by atoms with Crippen molar-refractivity contribution in [3.8, 4) is 0 Å². The molecule has 0 radical (unpaired) electrons. The van der Waals surface area contributed by atoms with E-state index in [9.17, 15) is 4.79 Å². The summed E-state index contributed by atoms with van der Waals surface area (Å²) >= 11 is 0. The van der Waals surface area contributed by atoms with Gasteiger partial charge in [-0.05, 0) is 35.9 Å². The Bertz CT molecular complexity index is 808. The normalized spacial score (nSPS) is 13.8. The zero-order valence-electron chi connectivity index (χ0n) is 9.03. The standard InChI is InChI=1S/C15H9NO/c17-14-8-6-10-9(14)5-7-13-15(10)11-3-1-2-4-12(11)16-13/h1-8,16H. The first-order chi connectivity index (χ1) is 8.34. The number of carbonyl (C=O) groups is 1. The van der Waals surface area contributed by atoms with Crippen LogP contribution in [0.5, 0.6) is 0 Å². The molecule has 0 unspecified atom stereocenters. The van der Waals surface area contributed by atoms with E-state index in [1.165, 1.54) is 5.39 Å². The summed E-state index contributed by atoms with van der Waals surface area (Å²) in [6.45, 7) is 0. The van der Waals surface area contributed by atoms with E-state index in [1.807, 2.05) is 30.3 Å². The molecule has 80 valence electrons. The Morgan fingerprint density at radius 3 is 2.71 bits per heavy atom. The number of H-pyrrole nitrogens is 1. The Hall–Kier alpha value is -2.35. The lowest BCUT2D eigenvalue weighted by Crippen LogP contribution is -1.90. The van der Waals surface area contributed by atoms with Crippen LogP contribution in [0, 0.1) is 0 Å². The monoisotopic (exact) mass is 219 g/mol. The van der Waals surface area contributed by atoms with Gasteiger partial charge in [-0.2, -0.15) is 0 Å².